The summed E-state index contributed by atoms with van der Waals surface area (Å²) < 4.78 is 38.6. The summed E-state index contributed by atoms with van der Waals surface area (Å²) >= 11 is 6.03. The Hall–Kier alpha value is -5.60. The number of aryl methyl sites for hydroxylation is 1. The number of nitro benzene ring substituents is 1. The van der Waals surface area contributed by atoms with E-state index in [1.165, 1.54) is 17.0 Å². The van der Waals surface area contributed by atoms with Crippen LogP contribution in [0.25, 0.3) is 10.8 Å². The Morgan fingerprint density at radius 3 is 2.22 bits per heavy atom. The van der Waals surface area contributed by atoms with E-state index in [0.717, 1.165) is 18.2 Å². The summed E-state index contributed by atoms with van der Waals surface area (Å²) in [6.07, 6.45) is 0.541. The molecule has 0 atom stereocenters. The van der Waals surface area contributed by atoms with Crippen LogP contribution in [0.3, 0.4) is 0 Å². The Morgan fingerprint density at radius 2 is 1.56 bits per heavy atom. The summed E-state index contributed by atoms with van der Waals surface area (Å²) in [7, 11) is -5.36. The first-order valence-corrected chi connectivity index (χ1v) is 14.6. The van der Waals surface area contributed by atoms with Gasteiger partial charge in [0.05, 0.1) is 21.3 Å². The van der Waals surface area contributed by atoms with Crippen LogP contribution >= 0.6 is 11.6 Å². The lowest BCUT2D eigenvalue weighted by Crippen LogP contribution is -2.14. The fraction of sp³-hybridized carbons (Fsp3) is 0.0333. The summed E-state index contributed by atoms with van der Waals surface area (Å²) in [5, 5.41) is 39.2. The van der Waals surface area contributed by atoms with Crippen molar-refractivity contribution in [1.29, 1.82) is 0 Å². The van der Waals surface area contributed by atoms with Gasteiger partial charge in [0.15, 0.2) is 5.75 Å². The van der Waals surface area contributed by atoms with Crippen molar-refractivity contribution in [3.05, 3.63) is 112 Å². The molecule has 0 bridgehead atoms. The molecule has 0 spiro atoms. The molecule has 0 saturated heterocycles. The Labute approximate surface area is 260 Å². The zero-order chi connectivity index (χ0) is 32.3. The van der Waals surface area contributed by atoms with E-state index in [2.05, 4.69) is 20.5 Å². The van der Waals surface area contributed by atoms with Gasteiger partial charge in [-0.25, -0.2) is 0 Å². The zero-order valence-corrected chi connectivity index (χ0v) is 24.6. The fourth-order valence-electron chi connectivity index (χ4n) is 4.38. The van der Waals surface area contributed by atoms with Gasteiger partial charge in [-0.3, -0.25) is 19.8 Å². The van der Waals surface area contributed by atoms with Crippen LogP contribution in [0.4, 0.5) is 43.7 Å². The number of para-hydroxylation sites is 1. The number of carbonyl (C=O) groups is 1. The van der Waals surface area contributed by atoms with Crippen molar-refractivity contribution in [2.75, 3.05) is 4.90 Å². The van der Waals surface area contributed by atoms with Gasteiger partial charge < -0.3 is 5.11 Å². The number of benzene rings is 5. The first kappa shape index (κ1) is 30.8. The van der Waals surface area contributed by atoms with E-state index in [0.29, 0.717) is 28.4 Å². The molecule has 1 N–H and O–H groups in total. The highest BCUT2D eigenvalue weighted by molar-refractivity contribution is 7.86. The van der Waals surface area contributed by atoms with Crippen molar-refractivity contribution in [3.63, 3.8) is 0 Å². The quantitative estimate of drug-likeness (QED) is 0.0550. The monoisotopic (exact) mass is 646 g/mol. The standard InChI is InChI=1S/C30H20ClFN6O6S/c1-18-13-26(35-33-24-12-11-21(38(41)42)15-23(24)31)28(45(32,43)44)16-25(18)34-36-29-22-10-6-5-7-19(22)14-27(30(29)40)37(17-39)20-8-3-2-4-9-20/h2-17,40H,1H3. The van der Waals surface area contributed by atoms with Crippen LogP contribution < -0.4 is 4.90 Å². The molecule has 226 valence electrons. The SMILES string of the molecule is Cc1cc(N=Nc2ccc([N+](=O)[O-])cc2Cl)c(S(=O)(=O)F)cc1N=Nc1c(O)c(N(C=O)c2ccccc2)cc2ccccc12. The second kappa shape index (κ2) is 12.6. The summed E-state index contributed by atoms with van der Waals surface area (Å²) in [6.45, 7) is 1.54. The molecule has 12 nitrogen and oxygen atoms in total. The van der Waals surface area contributed by atoms with Gasteiger partial charge in [-0.2, -0.15) is 13.5 Å². The van der Waals surface area contributed by atoms with Gasteiger partial charge in [0.1, 0.15) is 22.0 Å². The minimum atomic E-state index is -5.36. The smallest absolute Gasteiger partial charge is 0.334 e. The Kier molecular flexibility index (Phi) is 8.61. The van der Waals surface area contributed by atoms with Gasteiger partial charge in [0.2, 0.25) is 6.41 Å². The maximum absolute atomic E-state index is 14.4. The lowest BCUT2D eigenvalue weighted by molar-refractivity contribution is -0.384. The predicted molar refractivity (Wildman–Crippen MR) is 166 cm³/mol. The number of amides is 1. The largest absolute Gasteiger partial charge is 0.504 e. The molecule has 0 aromatic heterocycles. The molecule has 0 saturated carbocycles. The number of rotatable bonds is 9. The summed E-state index contributed by atoms with van der Waals surface area (Å²) in [6, 6.07) is 22.6. The molecule has 0 fully saturated rings. The van der Waals surface area contributed by atoms with Crippen LogP contribution in [0.2, 0.25) is 5.02 Å². The number of azo groups is 2. The molecule has 0 unspecified atom stereocenters. The first-order valence-electron chi connectivity index (χ1n) is 12.9. The number of carbonyl (C=O) groups excluding carboxylic acids is 1. The maximum Gasteiger partial charge on any atom is 0.334 e. The highest BCUT2D eigenvalue weighted by Crippen LogP contribution is 2.46. The highest BCUT2D eigenvalue weighted by atomic mass is 35.5. The van der Waals surface area contributed by atoms with Crippen molar-refractivity contribution < 1.29 is 27.1 Å². The van der Waals surface area contributed by atoms with Crippen molar-refractivity contribution in [3.8, 4) is 5.75 Å². The lowest BCUT2D eigenvalue weighted by atomic mass is 10.1. The molecule has 0 aliphatic carbocycles. The van der Waals surface area contributed by atoms with Gasteiger partial charge in [0, 0.05) is 23.2 Å². The third-order valence-corrected chi connectivity index (χ3v) is 7.73. The molecule has 0 heterocycles. The second-order valence-electron chi connectivity index (χ2n) is 9.46. The van der Waals surface area contributed by atoms with Crippen LogP contribution in [0.5, 0.6) is 5.75 Å². The number of aromatic hydroxyl groups is 1. The number of anilines is 2. The molecule has 5 rings (SSSR count). The second-order valence-corrected chi connectivity index (χ2v) is 11.2. The van der Waals surface area contributed by atoms with Crippen molar-refractivity contribution >= 4 is 78.8 Å². The number of halogens is 2. The van der Waals surface area contributed by atoms with E-state index in [-0.39, 0.29) is 44.9 Å². The van der Waals surface area contributed by atoms with Crippen LogP contribution in [-0.2, 0) is 15.0 Å². The third-order valence-electron chi connectivity index (χ3n) is 6.58. The molecule has 15 heteroatoms. The number of non-ortho nitro benzene ring substituents is 1. The van der Waals surface area contributed by atoms with Crippen LogP contribution in [0.1, 0.15) is 5.56 Å². The Balaban J connectivity index is 1.59. The van der Waals surface area contributed by atoms with Gasteiger partial charge >= 0.3 is 10.2 Å². The Morgan fingerprint density at radius 1 is 0.889 bits per heavy atom. The molecular formula is C30H20ClFN6O6S. The number of nitro groups is 1. The number of nitrogens with zero attached hydrogens (tertiary/aromatic N) is 6. The van der Waals surface area contributed by atoms with E-state index in [1.807, 2.05) is 0 Å². The number of hydrogen-bond acceptors (Lipinski definition) is 10. The van der Waals surface area contributed by atoms with Crippen molar-refractivity contribution in [2.45, 2.75) is 11.8 Å². The maximum atomic E-state index is 14.4. The van der Waals surface area contributed by atoms with Crippen LogP contribution in [0.15, 0.2) is 116 Å². The average molecular weight is 647 g/mol. The topological polar surface area (TPSA) is 167 Å². The summed E-state index contributed by atoms with van der Waals surface area (Å²) in [5.74, 6) is -0.380. The summed E-state index contributed by atoms with van der Waals surface area (Å²) in [4.78, 5) is 22.8. The van der Waals surface area contributed by atoms with Gasteiger partial charge in [0.25, 0.3) is 5.69 Å². The van der Waals surface area contributed by atoms with E-state index in [4.69, 9.17) is 11.6 Å². The predicted octanol–water partition coefficient (Wildman–Crippen LogP) is 9.20. The van der Waals surface area contributed by atoms with Gasteiger partial charge in [-0.05, 0) is 54.3 Å². The molecule has 5 aromatic rings. The summed E-state index contributed by atoms with van der Waals surface area (Å²) in [5.41, 5.74) is 0.126. The van der Waals surface area contributed by atoms with Gasteiger partial charge in [-0.15, -0.1) is 19.2 Å². The average Bonchev–Trinajstić information content (AvgIpc) is 3.01. The van der Waals surface area contributed by atoms with E-state index in [9.17, 15) is 32.3 Å². The lowest BCUT2D eigenvalue weighted by Gasteiger charge is -2.20. The van der Waals surface area contributed by atoms with Crippen molar-refractivity contribution in [2.24, 2.45) is 20.5 Å². The molecular weight excluding hydrogens is 627 g/mol. The molecule has 1 amide bonds. The van der Waals surface area contributed by atoms with Gasteiger partial charge in [-0.1, -0.05) is 54.1 Å². The number of hydrogen-bond donors (Lipinski definition) is 1. The van der Waals surface area contributed by atoms with E-state index < -0.39 is 20.0 Å². The number of fused-ring (bicyclic) bond motifs is 1. The van der Waals surface area contributed by atoms with E-state index >= 15 is 0 Å². The Bertz CT molecular complexity index is 2150. The first-order chi connectivity index (χ1) is 21.5. The zero-order valence-electron chi connectivity index (χ0n) is 23.1. The molecule has 0 radical (unpaired) electrons. The molecule has 0 aliphatic rings. The number of phenols is 1. The minimum Gasteiger partial charge on any atom is -0.504 e. The fourth-order valence-corrected chi connectivity index (χ4v) is 5.19. The normalized spacial score (nSPS) is 11.8. The van der Waals surface area contributed by atoms with E-state index in [1.54, 1.807) is 67.6 Å². The number of phenolic OH excluding ortho intramolecular Hbond substituents is 1. The molecule has 5 aromatic carbocycles. The van der Waals surface area contributed by atoms with Crippen molar-refractivity contribution in [1.82, 2.24) is 0 Å². The third kappa shape index (κ3) is 6.51. The minimum absolute atomic E-state index is 0.0204. The van der Waals surface area contributed by atoms with Crippen LogP contribution in [0, 0.1) is 17.0 Å². The highest BCUT2D eigenvalue weighted by Gasteiger charge is 2.22. The van der Waals surface area contributed by atoms with Crippen LogP contribution in [-0.4, -0.2) is 24.9 Å². The molecule has 45 heavy (non-hydrogen) atoms. The molecule has 0 aliphatic heterocycles.